The molecule has 0 aromatic heterocycles. The fourth-order valence-electron chi connectivity index (χ4n) is 10.9. The van der Waals surface area contributed by atoms with E-state index in [1.54, 1.807) is 0 Å². The zero-order valence-corrected chi connectivity index (χ0v) is 29.4. The fourth-order valence-corrected chi connectivity index (χ4v) is 10.9. The van der Waals surface area contributed by atoms with Crippen LogP contribution >= 0.6 is 0 Å². The highest BCUT2D eigenvalue weighted by molar-refractivity contribution is 6.01. The SMILES string of the molecule is C[C@]1(C(=O)NC(=O)[C@@]2(C)CCC[C@]3(C)c4cc(OCc5ccccc5)ccc4CC[C@@H]23)CCC[C@]2(C)c3cc(NC(=O)O)ccc3CC[C@@H]12. The minimum absolute atomic E-state index is 0.0365. The van der Waals surface area contributed by atoms with Crippen molar-refractivity contribution >= 4 is 23.6 Å². The Hall–Kier alpha value is -4.13. The summed E-state index contributed by atoms with van der Waals surface area (Å²) in [4.78, 5) is 40.4. The number of nitrogens with one attached hydrogen (secondary N) is 2. The average molecular weight is 663 g/mol. The number of hydrogen-bond donors (Lipinski definition) is 3. The van der Waals surface area contributed by atoms with Crippen molar-refractivity contribution in [1.29, 1.82) is 0 Å². The summed E-state index contributed by atoms with van der Waals surface area (Å²) in [6.45, 7) is 9.22. The Morgan fingerprint density at radius 1 is 0.735 bits per heavy atom. The van der Waals surface area contributed by atoms with Crippen LogP contribution < -0.4 is 15.4 Å². The first-order chi connectivity index (χ1) is 23.4. The molecular weight excluding hydrogens is 612 g/mol. The second-order valence-corrected chi connectivity index (χ2v) is 16.2. The number of imide groups is 1. The number of anilines is 1. The van der Waals surface area contributed by atoms with E-state index in [-0.39, 0.29) is 34.5 Å². The summed E-state index contributed by atoms with van der Waals surface area (Å²) >= 11 is 0. The predicted octanol–water partition coefficient (Wildman–Crippen LogP) is 8.72. The van der Waals surface area contributed by atoms with E-state index in [1.807, 2.05) is 36.4 Å². The van der Waals surface area contributed by atoms with Gasteiger partial charge in [-0.1, -0.05) is 83.0 Å². The minimum atomic E-state index is -1.09. The number of carboxylic acid groups (broad SMARTS) is 1. The van der Waals surface area contributed by atoms with Gasteiger partial charge in [0.15, 0.2) is 0 Å². The van der Waals surface area contributed by atoms with Gasteiger partial charge in [-0.25, -0.2) is 4.79 Å². The lowest BCUT2D eigenvalue weighted by molar-refractivity contribution is -0.150. The van der Waals surface area contributed by atoms with Crippen LogP contribution in [0.15, 0.2) is 66.7 Å². The highest BCUT2D eigenvalue weighted by Crippen LogP contribution is 2.59. The maximum atomic E-state index is 14.5. The smallest absolute Gasteiger partial charge is 0.409 e. The Labute approximate surface area is 290 Å². The molecule has 3 amide bonds. The van der Waals surface area contributed by atoms with Crippen LogP contribution in [0.5, 0.6) is 5.75 Å². The van der Waals surface area contributed by atoms with Crippen LogP contribution in [0.3, 0.4) is 0 Å². The van der Waals surface area contributed by atoms with Gasteiger partial charge in [0, 0.05) is 5.69 Å². The van der Waals surface area contributed by atoms with Crippen LogP contribution in [0.2, 0.25) is 0 Å². The normalized spacial score (nSPS) is 31.6. The Morgan fingerprint density at radius 3 is 1.86 bits per heavy atom. The third-order valence-electron chi connectivity index (χ3n) is 13.5. The van der Waals surface area contributed by atoms with Gasteiger partial charge in [0.25, 0.3) is 0 Å². The van der Waals surface area contributed by atoms with Crippen molar-refractivity contribution in [2.24, 2.45) is 22.7 Å². The lowest BCUT2D eigenvalue weighted by atomic mass is 9.49. The number of amides is 3. The number of carbonyl (C=O) groups is 3. The van der Waals surface area contributed by atoms with E-state index in [9.17, 15) is 19.5 Å². The monoisotopic (exact) mass is 662 g/mol. The van der Waals surface area contributed by atoms with Gasteiger partial charge in [-0.2, -0.15) is 0 Å². The lowest BCUT2D eigenvalue weighted by Crippen LogP contribution is -2.60. The van der Waals surface area contributed by atoms with E-state index in [4.69, 9.17) is 4.74 Å². The van der Waals surface area contributed by atoms with Crippen molar-refractivity contribution < 1.29 is 24.2 Å². The van der Waals surface area contributed by atoms with E-state index in [0.29, 0.717) is 12.3 Å². The fraction of sp³-hybridized carbons (Fsp3) is 0.500. The highest BCUT2D eigenvalue weighted by Gasteiger charge is 2.58. The summed E-state index contributed by atoms with van der Waals surface area (Å²) in [7, 11) is 0. The van der Waals surface area contributed by atoms with Gasteiger partial charge in [0.1, 0.15) is 12.4 Å². The van der Waals surface area contributed by atoms with E-state index in [1.165, 1.54) is 16.7 Å². The second-order valence-electron chi connectivity index (χ2n) is 16.2. The van der Waals surface area contributed by atoms with Gasteiger partial charge >= 0.3 is 6.09 Å². The third-order valence-corrected chi connectivity index (χ3v) is 13.5. The van der Waals surface area contributed by atoms with Gasteiger partial charge < -0.3 is 9.84 Å². The summed E-state index contributed by atoms with van der Waals surface area (Å²) < 4.78 is 6.26. The number of rotatable bonds is 6. The maximum absolute atomic E-state index is 14.5. The molecule has 7 heteroatoms. The van der Waals surface area contributed by atoms with E-state index in [2.05, 4.69) is 68.7 Å². The molecule has 3 N–H and O–H groups in total. The first-order valence-corrected chi connectivity index (χ1v) is 18.2. The highest BCUT2D eigenvalue weighted by atomic mass is 16.5. The lowest BCUT2D eigenvalue weighted by Gasteiger charge is -2.56. The van der Waals surface area contributed by atoms with Crippen molar-refractivity contribution in [2.75, 3.05) is 5.32 Å². The molecule has 0 bridgehead atoms. The van der Waals surface area contributed by atoms with Crippen LogP contribution in [0.25, 0.3) is 0 Å². The van der Waals surface area contributed by atoms with Crippen molar-refractivity contribution in [3.63, 3.8) is 0 Å². The molecule has 0 saturated heterocycles. The molecule has 0 spiro atoms. The summed E-state index contributed by atoms with van der Waals surface area (Å²) in [5.41, 5.74) is 4.76. The van der Waals surface area contributed by atoms with Gasteiger partial charge in [0.05, 0.1) is 10.8 Å². The van der Waals surface area contributed by atoms with Crippen molar-refractivity contribution in [3.8, 4) is 5.75 Å². The molecule has 7 nitrogen and oxygen atoms in total. The number of ether oxygens (including phenoxy) is 1. The Kier molecular flexibility index (Phi) is 8.40. The molecule has 3 aromatic carbocycles. The van der Waals surface area contributed by atoms with Crippen LogP contribution in [0.4, 0.5) is 10.5 Å². The molecule has 258 valence electrons. The molecular formula is C42H50N2O5. The molecule has 7 rings (SSSR count). The predicted molar refractivity (Wildman–Crippen MR) is 191 cm³/mol. The molecule has 2 fully saturated rings. The van der Waals surface area contributed by atoms with Crippen LogP contribution in [0, 0.1) is 22.7 Å². The molecule has 3 aromatic rings. The molecule has 2 saturated carbocycles. The molecule has 6 atom stereocenters. The van der Waals surface area contributed by atoms with Gasteiger partial charge in [-0.05, 0) is 126 Å². The molecule has 0 heterocycles. The Balaban J connectivity index is 1.12. The first-order valence-electron chi connectivity index (χ1n) is 18.2. The standard InChI is InChI=1S/C42H50N2O5/c1-39-20-8-22-41(3,34(39)18-14-28-12-16-30(24-32(28)39)43-38(47)48)36(45)44-37(46)42(4)23-9-21-40(2)33-25-31(17-13-29(33)15-19-35(40)42)49-26-27-10-6-5-7-11-27/h5-7,10-13,16-17,24-25,34-35,43H,8-9,14-15,18-23,26H2,1-4H3,(H,47,48)(H,44,45,46)/t34-,35-,39-,40-,41+,42+/m1/s1. The van der Waals surface area contributed by atoms with Crippen LogP contribution in [-0.4, -0.2) is 23.0 Å². The molecule has 0 unspecified atom stereocenters. The summed E-state index contributed by atoms with van der Waals surface area (Å²) in [6, 6.07) is 22.5. The minimum Gasteiger partial charge on any atom is -0.489 e. The zero-order chi connectivity index (χ0) is 34.6. The van der Waals surface area contributed by atoms with Gasteiger partial charge in [-0.15, -0.1) is 0 Å². The van der Waals surface area contributed by atoms with E-state index in [0.717, 1.165) is 81.1 Å². The quantitative estimate of drug-likeness (QED) is 0.229. The third kappa shape index (κ3) is 5.63. The maximum Gasteiger partial charge on any atom is 0.409 e. The van der Waals surface area contributed by atoms with E-state index >= 15 is 0 Å². The van der Waals surface area contributed by atoms with Crippen molar-refractivity contribution in [2.45, 2.75) is 109 Å². The molecule has 4 aliphatic carbocycles. The van der Waals surface area contributed by atoms with Crippen LogP contribution in [0.1, 0.15) is 107 Å². The molecule has 0 radical (unpaired) electrons. The summed E-state index contributed by atoms with van der Waals surface area (Å²) in [6.07, 6.45) is 7.61. The number of aryl methyl sites for hydroxylation is 2. The Morgan fingerprint density at radius 2 is 1.29 bits per heavy atom. The summed E-state index contributed by atoms with van der Waals surface area (Å²) in [5.74, 6) is 0.701. The van der Waals surface area contributed by atoms with Crippen LogP contribution in [-0.2, 0) is 39.9 Å². The first kappa shape index (κ1) is 33.4. The second kappa shape index (κ2) is 12.3. The number of fused-ring (bicyclic) bond motifs is 6. The Bertz CT molecular complexity index is 1790. The van der Waals surface area contributed by atoms with Crippen molar-refractivity contribution in [3.05, 3.63) is 94.5 Å². The molecule has 0 aliphatic heterocycles. The summed E-state index contributed by atoms with van der Waals surface area (Å²) in [5, 5.41) is 14.9. The zero-order valence-electron chi connectivity index (χ0n) is 29.4. The van der Waals surface area contributed by atoms with Crippen molar-refractivity contribution in [1.82, 2.24) is 5.32 Å². The van der Waals surface area contributed by atoms with E-state index < -0.39 is 16.9 Å². The molecule has 4 aliphatic rings. The number of hydrogen-bond acceptors (Lipinski definition) is 4. The average Bonchev–Trinajstić information content (AvgIpc) is 3.07. The largest absolute Gasteiger partial charge is 0.489 e. The topological polar surface area (TPSA) is 105 Å². The number of carbonyl (C=O) groups excluding carboxylic acids is 2. The molecule has 49 heavy (non-hydrogen) atoms. The van der Waals surface area contributed by atoms with Gasteiger partial charge in [0.2, 0.25) is 11.8 Å². The van der Waals surface area contributed by atoms with Gasteiger partial charge in [-0.3, -0.25) is 20.2 Å². The number of benzene rings is 3.